The van der Waals surface area contributed by atoms with Crippen LogP contribution >= 0.6 is 0 Å². The lowest BCUT2D eigenvalue weighted by molar-refractivity contribution is -0.118. The first-order valence-corrected chi connectivity index (χ1v) is 7.41. The van der Waals surface area contributed by atoms with Gasteiger partial charge in [0.25, 0.3) is 0 Å². The minimum Gasteiger partial charge on any atom is -0.326 e. The van der Waals surface area contributed by atoms with E-state index in [-0.39, 0.29) is 11.8 Å². The molecule has 1 aromatic carbocycles. The number of carbonyl (C=O) groups is 1. The first kappa shape index (κ1) is 14.3. The highest BCUT2D eigenvalue weighted by Crippen LogP contribution is 2.25. The highest BCUT2D eigenvalue weighted by Gasteiger charge is 2.11. The molecule has 1 N–H and O–H groups in total. The van der Waals surface area contributed by atoms with E-state index >= 15 is 0 Å². The minimum absolute atomic E-state index is 0.0247. The van der Waals surface area contributed by atoms with Gasteiger partial charge in [-0.3, -0.25) is 4.79 Å². The second-order valence-corrected chi connectivity index (χ2v) is 5.70. The SMILES string of the molecule is Cc1c(-c2ccc(NC(=O)C(C)C)cc2)nc2ccccn12. The van der Waals surface area contributed by atoms with Crippen LogP contribution < -0.4 is 5.32 Å². The van der Waals surface area contributed by atoms with Crippen molar-refractivity contribution in [1.82, 2.24) is 9.38 Å². The Labute approximate surface area is 129 Å². The average Bonchev–Trinajstić information content (AvgIpc) is 2.85. The summed E-state index contributed by atoms with van der Waals surface area (Å²) in [6, 6.07) is 13.8. The fourth-order valence-corrected chi connectivity index (χ4v) is 2.39. The summed E-state index contributed by atoms with van der Waals surface area (Å²) in [5.74, 6) is -0.00276. The zero-order valence-corrected chi connectivity index (χ0v) is 13.0. The average molecular weight is 293 g/mol. The molecule has 1 amide bonds. The first-order chi connectivity index (χ1) is 10.6. The molecule has 0 aliphatic heterocycles. The number of carbonyl (C=O) groups excluding carboxylic acids is 1. The van der Waals surface area contributed by atoms with Crippen molar-refractivity contribution >= 4 is 17.2 Å². The number of pyridine rings is 1. The van der Waals surface area contributed by atoms with Crippen molar-refractivity contribution in [2.24, 2.45) is 5.92 Å². The lowest BCUT2D eigenvalue weighted by Crippen LogP contribution is -2.17. The van der Waals surface area contributed by atoms with Gasteiger partial charge in [0.1, 0.15) is 5.65 Å². The zero-order valence-electron chi connectivity index (χ0n) is 13.0. The van der Waals surface area contributed by atoms with Gasteiger partial charge in [-0.25, -0.2) is 4.98 Å². The van der Waals surface area contributed by atoms with Gasteiger partial charge in [-0.15, -0.1) is 0 Å². The molecular formula is C18H19N3O. The predicted molar refractivity (Wildman–Crippen MR) is 88.8 cm³/mol. The number of nitrogens with one attached hydrogen (secondary N) is 1. The Balaban J connectivity index is 1.91. The van der Waals surface area contributed by atoms with E-state index in [1.54, 1.807) is 0 Å². The largest absolute Gasteiger partial charge is 0.326 e. The molecule has 0 radical (unpaired) electrons. The molecule has 0 aliphatic rings. The smallest absolute Gasteiger partial charge is 0.226 e. The Kier molecular flexibility index (Phi) is 3.67. The van der Waals surface area contributed by atoms with Gasteiger partial charge in [0.2, 0.25) is 5.91 Å². The third-order valence-electron chi connectivity index (χ3n) is 3.72. The van der Waals surface area contributed by atoms with Crippen molar-refractivity contribution in [3.63, 3.8) is 0 Å². The Morgan fingerprint density at radius 1 is 1.14 bits per heavy atom. The van der Waals surface area contributed by atoms with Gasteiger partial charge < -0.3 is 9.72 Å². The molecule has 2 heterocycles. The fraction of sp³-hybridized carbons (Fsp3) is 0.222. The second-order valence-electron chi connectivity index (χ2n) is 5.70. The number of amides is 1. The van der Waals surface area contributed by atoms with Crippen LogP contribution in [0.5, 0.6) is 0 Å². The number of imidazole rings is 1. The Hall–Kier alpha value is -2.62. The number of hydrogen-bond donors (Lipinski definition) is 1. The summed E-state index contributed by atoms with van der Waals surface area (Å²) in [5, 5.41) is 2.90. The van der Waals surface area contributed by atoms with E-state index < -0.39 is 0 Å². The van der Waals surface area contributed by atoms with Crippen LogP contribution in [0.25, 0.3) is 16.9 Å². The third-order valence-corrected chi connectivity index (χ3v) is 3.72. The van der Waals surface area contributed by atoms with Crippen LogP contribution in [0.2, 0.25) is 0 Å². The minimum atomic E-state index is -0.0274. The number of rotatable bonds is 3. The molecule has 0 saturated heterocycles. The van der Waals surface area contributed by atoms with E-state index in [0.29, 0.717) is 0 Å². The van der Waals surface area contributed by atoms with Crippen molar-refractivity contribution in [2.75, 3.05) is 5.32 Å². The molecular weight excluding hydrogens is 274 g/mol. The molecule has 0 bridgehead atoms. The lowest BCUT2D eigenvalue weighted by Gasteiger charge is -2.08. The van der Waals surface area contributed by atoms with Gasteiger partial charge in [0.05, 0.1) is 5.69 Å². The van der Waals surface area contributed by atoms with Crippen molar-refractivity contribution in [3.8, 4) is 11.3 Å². The summed E-state index contributed by atoms with van der Waals surface area (Å²) in [6.07, 6.45) is 2.01. The molecule has 22 heavy (non-hydrogen) atoms. The highest BCUT2D eigenvalue weighted by atomic mass is 16.1. The van der Waals surface area contributed by atoms with Crippen molar-refractivity contribution in [1.29, 1.82) is 0 Å². The van der Waals surface area contributed by atoms with Crippen molar-refractivity contribution in [3.05, 3.63) is 54.4 Å². The summed E-state index contributed by atoms with van der Waals surface area (Å²) < 4.78 is 2.07. The number of anilines is 1. The molecule has 0 spiro atoms. The molecule has 3 rings (SSSR count). The third kappa shape index (κ3) is 2.60. The van der Waals surface area contributed by atoms with Gasteiger partial charge in [0, 0.05) is 29.1 Å². The number of aromatic nitrogens is 2. The summed E-state index contributed by atoms with van der Waals surface area (Å²) in [4.78, 5) is 16.4. The molecule has 0 aliphatic carbocycles. The predicted octanol–water partition coefficient (Wildman–Crippen LogP) is 3.90. The number of aryl methyl sites for hydroxylation is 1. The van der Waals surface area contributed by atoms with Crippen LogP contribution in [-0.4, -0.2) is 15.3 Å². The lowest BCUT2D eigenvalue weighted by atomic mass is 10.1. The Morgan fingerprint density at radius 2 is 1.86 bits per heavy atom. The molecule has 3 aromatic rings. The maximum atomic E-state index is 11.7. The molecule has 0 unspecified atom stereocenters. The van der Waals surface area contributed by atoms with E-state index in [2.05, 4.69) is 21.6 Å². The summed E-state index contributed by atoms with van der Waals surface area (Å²) in [6.45, 7) is 5.82. The van der Waals surface area contributed by atoms with Gasteiger partial charge >= 0.3 is 0 Å². The molecule has 0 saturated carbocycles. The maximum absolute atomic E-state index is 11.7. The van der Waals surface area contributed by atoms with Crippen LogP contribution in [0.3, 0.4) is 0 Å². The van der Waals surface area contributed by atoms with Gasteiger partial charge in [-0.1, -0.05) is 32.0 Å². The van der Waals surface area contributed by atoms with E-state index in [9.17, 15) is 4.79 Å². The van der Waals surface area contributed by atoms with E-state index in [1.807, 2.05) is 62.5 Å². The normalized spacial score (nSPS) is 11.1. The van der Waals surface area contributed by atoms with Crippen LogP contribution in [0, 0.1) is 12.8 Å². The molecule has 2 aromatic heterocycles. The van der Waals surface area contributed by atoms with E-state index in [4.69, 9.17) is 0 Å². The summed E-state index contributed by atoms with van der Waals surface area (Å²) in [7, 11) is 0. The number of hydrogen-bond acceptors (Lipinski definition) is 2. The van der Waals surface area contributed by atoms with Gasteiger partial charge in [0.15, 0.2) is 0 Å². The molecule has 0 fully saturated rings. The number of benzene rings is 1. The fourth-order valence-electron chi connectivity index (χ4n) is 2.39. The van der Waals surface area contributed by atoms with Crippen LogP contribution in [0.4, 0.5) is 5.69 Å². The molecule has 0 atom stereocenters. The number of nitrogens with zero attached hydrogens (tertiary/aromatic N) is 2. The molecule has 112 valence electrons. The zero-order chi connectivity index (χ0) is 15.7. The standard InChI is InChI=1S/C18H19N3O/c1-12(2)18(22)19-15-9-7-14(8-10-15)17-13(3)21-11-5-4-6-16(21)20-17/h4-12H,1-3H3,(H,19,22). The Bertz CT molecular complexity index is 816. The van der Waals surface area contributed by atoms with Crippen molar-refractivity contribution in [2.45, 2.75) is 20.8 Å². The van der Waals surface area contributed by atoms with Crippen LogP contribution in [0.15, 0.2) is 48.7 Å². The van der Waals surface area contributed by atoms with Gasteiger partial charge in [-0.05, 0) is 31.2 Å². The quantitative estimate of drug-likeness (QED) is 0.796. The van der Waals surface area contributed by atoms with Gasteiger partial charge in [-0.2, -0.15) is 0 Å². The number of fused-ring (bicyclic) bond motifs is 1. The first-order valence-electron chi connectivity index (χ1n) is 7.41. The van der Waals surface area contributed by atoms with E-state index in [1.165, 1.54) is 0 Å². The maximum Gasteiger partial charge on any atom is 0.226 e. The summed E-state index contributed by atoms with van der Waals surface area (Å²) >= 11 is 0. The highest BCUT2D eigenvalue weighted by molar-refractivity contribution is 5.92. The monoisotopic (exact) mass is 293 g/mol. The topological polar surface area (TPSA) is 46.4 Å². The second kappa shape index (κ2) is 5.64. The Morgan fingerprint density at radius 3 is 2.50 bits per heavy atom. The van der Waals surface area contributed by atoms with Crippen molar-refractivity contribution < 1.29 is 4.79 Å². The molecule has 4 heteroatoms. The summed E-state index contributed by atoms with van der Waals surface area (Å²) in [5.41, 5.74) is 4.86. The van der Waals surface area contributed by atoms with E-state index in [0.717, 1.165) is 28.3 Å². The molecule has 4 nitrogen and oxygen atoms in total. The van der Waals surface area contributed by atoms with Crippen LogP contribution in [-0.2, 0) is 4.79 Å². The van der Waals surface area contributed by atoms with Crippen LogP contribution in [0.1, 0.15) is 19.5 Å².